The molecule has 3 atom stereocenters. The largest absolute Gasteiger partial charge is 0.487 e. The molecule has 1 aliphatic heterocycles. The first-order chi connectivity index (χ1) is 16.8. The second-order valence-corrected chi connectivity index (χ2v) is 13.0. The Labute approximate surface area is 223 Å². The van der Waals surface area contributed by atoms with Crippen LogP contribution in [0.1, 0.15) is 135 Å². The highest BCUT2D eigenvalue weighted by Gasteiger charge is 2.35. The van der Waals surface area contributed by atoms with Crippen molar-refractivity contribution in [1.82, 2.24) is 0 Å². The zero-order valence-electron chi connectivity index (χ0n) is 25.3. The molecule has 0 radical (unpaired) electrons. The number of fused-ring (bicyclic) bond motifs is 1. The van der Waals surface area contributed by atoms with Gasteiger partial charge in [-0.25, -0.2) is 0 Å². The summed E-state index contributed by atoms with van der Waals surface area (Å²) in [5.74, 6) is 3.95. The average molecular weight is 501 g/mol. The molecule has 0 bridgehead atoms. The predicted octanol–water partition coefficient (Wildman–Crippen LogP) is 9.70. The molecule has 36 heavy (non-hydrogen) atoms. The van der Waals surface area contributed by atoms with Gasteiger partial charge in [0.25, 0.3) is 0 Å². The van der Waals surface area contributed by atoms with Gasteiger partial charge in [0.1, 0.15) is 17.1 Å². The van der Waals surface area contributed by atoms with Gasteiger partial charge in [0.2, 0.25) is 0 Å². The van der Waals surface area contributed by atoms with Crippen LogP contribution < -0.4 is 9.47 Å². The Morgan fingerprint density at radius 3 is 1.94 bits per heavy atom. The maximum absolute atomic E-state index is 12.3. The maximum atomic E-state index is 12.3. The van der Waals surface area contributed by atoms with Crippen molar-refractivity contribution in [3.63, 3.8) is 0 Å². The Kier molecular flexibility index (Phi) is 11.8. The number of rotatable bonds is 14. The molecule has 1 aliphatic rings. The molecule has 0 aliphatic carbocycles. The van der Waals surface area contributed by atoms with Crippen LogP contribution in [0.4, 0.5) is 0 Å². The molecule has 3 nitrogen and oxygen atoms in total. The van der Waals surface area contributed by atoms with Crippen LogP contribution >= 0.6 is 0 Å². The van der Waals surface area contributed by atoms with Crippen molar-refractivity contribution in [3.05, 3.63) is 22.3 Å². The van der Waals surface area contributed by atoms with E-state index in [9.17, 15) is 4.79 Å². The smallest absolute Gasteiger partial charge is 0.313 e. The minimum atomic E-state index is -0.170. The molecular weight excluding hydrogens is 444 g/mol. The third-order valence-electron chi connectivity index (χ3n) is 8.51. The number of hydrogen-bond acceptors (Lipinski definition) is 3. The van der Waals surface area contributed by atoms with E-state index in [1.807, 2.05) is 20.8 Å². The van der Waals surface area contributed by atoms with Crippen molar-refractivity contribution < 1.29 is 14.3 Å². The summed E-state index contributed by atoms with van der Waals surface area (Å²) in [5, 5.41) is 0. The normalized spacial score (nSPS) is 19.2. The zero-order chi connectivity index (χ0) is 27.0. The van der Waals surface area contributed by atoms with Gasteiger partial charge >= 0.3 is 5.97 Å². The van der Waals surface area contributed by atoms with Crippen LogP contribution in [0.15, 0.2) is 0 Å². The Morgan fingerprint density at radius 1 is 0.833 bits per heavy atom. The first kappa shape index (κ1) is 30.7. The van der Waals surface area contributed by atoms with E-state index in [-0.39, 0.29) is 17.5 Å². The fourth-order valence-electron chi connectivity index (χ4n) is 5.63. The number of benzene rings is 1. The monoisotopic (exact) mass is 500 g/mol. The molecule has 0 N–H and O–H groups in total. The van der Waals surface area contributed by atoms with Crippen LogP contribution in [0.3, 0.4) is 0 Å². The number of ether oxygens (including phenoxy) is 2. The fourth-order valence-corrected chi connectivity index (χ4v) is 5.63. The van der Waals surface area contributed by atoms with Crippen molar-refractivity contribution in [1.29, 1.82) is 0 Å². The van der Waals surface area contributed by atoms with E-state index >= 15 is 0 Å². The molecule has 0 saturated carbocycles. The molecule has 1 heterocycles. The summed E-state index contributed by atoms with van der Waals surface area (Å²) in [6.07, 6.45) is 13.9. The second-order valence-electron chi connectivity index (χ2n) is 13.0. The van der Waals surface area contributed by atoms with Gasteiger partial charge in [-0.2, -0.15) is 0 Å². The van der Waals surface area contributed by atoms with Gasteiger partial charge in [-0.1, -0.05) is 86.5 Å². The first-order valence-corrected chi connectivity index (χ1v) is 14.9. The quantitative estimate of drug-likeness (QED) is 0.188. The molecule has 0 fully saturated rings. The molecule has 0 aromatic heterocycles. The number of carbonyl (C=O) groups is 1. The standard InChI is InChI=1S/C33H56O3/c1-22(2)14-11-15-24(5)16-12-17-25(6)18-13-20-33(10)21-19-29-28(9)30(35-32(34)23(3)4)26(7)27(8)31(29)36-33/h22-25H,11-21H2,1-10H3/t24-,25?,33-/m1/s1. The maximum Gasteiger partial charge on any atom is 0.313 e. The third kappa shape index (κ3) is 8.80. The van der Waals surface area contributed by atoms with Gasteiger partial charge in [0.05, 0.1) is 5.92 Å². The second kappa shape index (κ2) is 13.9. The van der Waals surface area contributed by atoms with Crippen molar-refractivity contribution in [3.8, 4) is 11.5 Å². The van der Waals surface area contributed by atoms with Gasteiger partial charge in [0.15, 0.2) is 0 Å². The van der Waals surface area contributed by atoms with Crippen molar-refractivity contribution in [2.24, 2.45) is 23.7 Å². The fraction of sp³-hybridized carbons (Fsp3) is 0.788. The van der Waals surface area contributed by atoms with E-state index in [1.165, 1.54) is 56.9 Å². The molecule has 0 amide bonds. The summed E-state index contributed by atoms with van der Waals surface area (Å²) < 4.78 is 12.5. The molecule has 0 spiro atoms. The summed E-state index contributed by atoms with van der Waals surface area (Å²) in [6.45, 7) is 21.8. The zero-order valence-corrected chi connectivity index (χ0v) is 25.3. The van der Waals surface area contributed by atoms with Crippen LogP contribution in [0, 0.1) is 44.4 Å². The van der Waals surface area contributed by atoms with Crippen LogP contribution in [0.2, 0.25) is 0 Å². The Balaban J connectivity index is 1.86. The van der Waals surface area contributed by atoms with E-state index in [0.717, 1.165) is 65.2 Å². The molecule has 1 aromatic rings. The molecule has 206 valence electrons. The lowest BCUT2D eigenvalue weighted by atomic mass is 9.83. The number of hydrogen-bond donors (Lipinski definition) is 0. The Hall–Kier alpha value is -1.51. The molecule has 2 rings (SSSR count). The molecule has 0 saturated heterocycles. The highest BCUT2D eigenvalue weighted by molar-refractivity contribution is 5.76. The lowest BCUT2D eigenvalue weighted by Gasteiger charge is -2.38. The predicted molar refractivity (Wildman–Crippen MR) is 153 cm³/mol. The third-order valence-corrected chi connectivity index (χ3v) is 8.51. The summed E-state index contributed by atoms with van der Waals surface area (Å²) in [4.78, 5) is 12.3. The van der Waals surface area contributed by atoms with Gasteiger partial charge < -0.3 is 9.47 Å². The SMILES string of the molecule is Cc1c(C)c2c(c(C)c1OC(=O)C(C)C)CC[C@@](C)(CCCC(C)CCC[C@H](C)CCCC(C)C)O2. The van der Waals surface area contributed by atoms with Gasteiger partial charge in [-0.3, -0.25) is 4.79 Å². The molecule has 1 unspecified atom stereocenters. The average Bonchev–Trinajstić information content (AvgIpc) is 2.79. The van der Waals surface area contributed by atoms with E-state index in [4.69, 9.17) is 9.47 Å². The van der Waals surface area contributed by atoms with Crippen LogP contribution in [-0.2, 0) is 11.2 Å². The van der Waals surface area contributed by atoms with E-state index < -0.39 is 0 Å². The van der Waals surface area contributed by atoms with Gasteiger partial charge in [-0.05, 0) is 87.8 Å². The lowest BCUT2D eigenvalue weighted by Crippen LogP contribution is -2.37. The van der Waals surface area contributed by atoms with Crippen molar-refractivity contribution in [2.75, 3.05) is 0 Å². The van der Waals surface area contributed by atoms with E-state index in [0.29, 0.717) is 0 Å². The minimum Gasteiger partial charge on any atom is -0.487 e. The van der Waals surface area contributed by atoms with Crippen molar-refractivity contribution >= 4 is 5.97 Å². The number of esters is 1. The minimum absolute atomic E-state index is 0.114. The summed E-state index contributed by atoms with van der Waals surface area (Å²) >= 11 is 0. The van der Waals surface area contributed by atoms with Gasteiger partial charge in [-0.15, -0.1) is 0 Å². The highest BCUT2D eigenvalue weighted by atomic mass is 16.5. The van der Waals surface area contributed by atoms with Gasteiger partial charge in [0, 0.05) is 5.56 Å². The summed E-state index contributed by atoms with van der Waals surface area (Å²) in [6, 6.07) is 0. The van der Waals surface area contributed by atoms with Crippen LogP contribution in [0.5, 0.6) is 11.5 Å². The van der Waals surface area contributed by atoms with Crippen LogP contribution in [-0.4, -0.2) is 11.6 Å². The first-order valence-electron chi connectivity index (χ1n) is 14.9. The molecular formula is C33H56O3. The Bertz CT molecular complexity index is 853. The highest BCUT2D eigenvalue weighted by Crippen LogP contribution is 2.45. The topological polar surface area (TPSA) is 35.5 Å². The lowest BCUT2D eigenvalue weighted by molar-refractivity contribution is -0.137. The van der Waals surface area contributed by atoms with E-state index in [2.05, 4.69) is 48.5 Å². The van der Waals surface area contributed by atoms with Crippen LogP contribution in [0.25, 0.3) is 0 Å². The van der Waals surface area contributed by atoms with Crippen molar-refractivity contribution in [2.45, 2.75) is 145 Å². The molecule has 1 aromatic carbocycles. The molecule has 3 heteroatoms. The number of carbonyl (C=O) groups excluding carboxylic acids is 1. The Morgan fingerprint density at radius 2 is 1.39 bits per heavy atom. The summed E-state index contributed by atoms with van der Waals surface area (Å²) in [7, 11) is 0. The van der Waals surface area contributed by atoms with E-state index in [1.54, 1.807) is 0 Å². The summed E-state index contributed by atoms with van der Waals surface area (Å²) in [5.41, 5.74) is 4.31.